The van der Waals surface area contributed by atoms with Crippen LogP contribution in [-0.4, -0.2) is 22.8 Å². The molecule has 0 saturated heterocycles. The molecule has 7 heteroatoms. The molecular formula is C23H23N3O3S. The number of para-hydroxylation sites is 1. The molecule has 2 heterocycles. The molecule has 0 saturated carbocycles. The third-order valence-electron chi connectivity index (χ3n) is 4.88. The Bertz CT molecular complexity index is 1200. The first kappa shape index (κ1) is 20.1. The molecule has 0 unspecified atom stereocenters. The van der Waals surface area contributed by atoms with Gasteiger partial charge < -0.3 is 14.5 Å². The molecule has 0 aliphatic carbocycles. The van der Waals surface area contributed by atoms with Gasteiger partial charge in [0.15, 0.2) is 11.3 Å². The van der Waals surface area contributed by atoms with Crippen LogP contribution in [0.1, 0.15) is 34.8 Å². The van der Waals surface area contributed by atoms with E-state index in [2.05, 4.69) is 10.4 Å². The molecular weight excluding hydrogens is 398 g/mol. The molecule has 6 nitrogen and oxygen atoms in total. The third-order valence-corrected chi connectivity index (χ3v) is 6.05. The lowest BCUT2D eigenvalue weighted by Crippen LogP contribution is -2.27. The number of amides is 1. The Kier molecular flexibility index (Phi) is 5.55. The zero-order valence-corrected chi connectivity index (χ0v) is 18.1. The Morgan fingerprint density at radius 3 is 2.70 bits per heavy atom. The summed E-state index contributed by atoms with van der Waals surface area (Å²) >= 11 is 1.52. The van der Waals surface area contributed by atoms with Crippen LogP contribution >= 0.6 is 11.8 Å². The van der Waals surface area contributed by atoms with Crippen molar-refractivity contribution in [2.75, 3.05) is 7.11 Å². The first-order chi connectivity index (χ1) is 14.5. The zero-order valence-electron chi connectivity index (χ0n) is 17.3. The van der Waals surface area contributed by atoms with E-state index in [1.807, 2.05) is 75.5 Å². The molecule has 2 aromatic carbocycles. The first-order valence-corrected chi connectivity index (χ1v) is 10.4. The lowest BCUT2D eigenvalue weighted by atomic mass is 10.2. The average molecular weight is 422 g/mol. The fourth-order valence-electron chi connectivity index (χ4n) is 3.39. The fourth-order valence-corrected chi connectivity index (χ4v) is 4.42. The van der Waals surface area contributed by atoms with Gasteiger partial charge in [-0.05, 0) is 38.1 Å². The van der Waals surface area contributed by atoms with Gasteiger partial charge in [0.05, 0.1) is 24.4 Å². The lowest BCUT2D eigenvalue weighted by Gasteiger charge is -2.12. The predicted octanol–water partition coefficient (Wildman–Crippen LogP) is 5.13. The van der Waals surface area contributed by atoms with E-state index in [4.69, 9.17) is 9.15 Å². The molecule has 0 fully saturated rings. The predicted molar refractivity (Wildman–Crippen MR) is 117 cm³/mol. The van der Waals surface area contributed by atoms with Crippen LogP contribution in [0, 0.1) is 6.92 Å². The van der Waals surface area contributed by atoms with Gasteiger partial charge in [-0.1, -0.05) is 42.1 Å². The highest BCUT2D eigenvalue weighted by molar-refractivity contribution is 7.99. The maximum absolute atomic E-state index is 13.2. The van der Waals surface area contributed by atoms with Crippen LogP contribution in [0.15, 0.2) is 68.9 Å². The Labute approximate surface area is 179 Å². The van der Waals surface area contributed by atoms with Crippen molar-refractivity contribution in [2.24, 2.45) is 7.05 Å². The first-order valence-electron chi connectivity index (χ1n) is 9.61. The quantitative estimate of drug-likeness (QED) is 0.468. The van der Waals surface area contributed by atoms with Crippen molar-refractivity contribution in [3.63, 3.8) is 0 Å². The fraction of sp³-hybridized carbons (Fsp3) is 0.217. The summed E-state index contributed by atoms with van der Waals surface area (Å²) < 4.78 is 13.1. The molecule has 0 bridgehead atoms. The highest BCUT2D eigenvalue weighted by atomic mass is 32.2. The van der Waals surface area contributed by atoms with Crippen molar-refractivity contribution in [1.82, 2.24) is 15.1 Å². The summed E-state index contributed by atoms with van der Waals surface area (Å²) in [6.07, 6.45) is 0. The number of nitrogens with one attached hydrogen (secondary N) is 1. The van der Waals surface area contributed by atoms with Gasteiger partial charge in [-0.25, -0.2) is 0 Å². The minimum absolute atomic E-state index is 0.182. The summed E-state index contributed by atoms with van der Waals surface area (Å²) in [7, 11) is 3.46. The molecule has 4 aromatic rings. The molecule has 154 valence electrons. The van der Waals surface area contributed by atoms with E-state index < -0.39 is 0 Å². The summed E-state index contributed by atoms with van der Waals surface area (Å²) in [4.78, 5) is 14.2. The highest BCUT2D eigenvalue weighted by Gasteiger charge is 2.24. The number of carbonyl (C=O) groups is 1. The number of benzene rings is 2. The second kappa shape index (κ2) is 8.28. The summed E-state index contributed by atoms with van der Waals surface area (Å²) in [5, 5.41) is 9.25. The third kappa shape index (κ3) is 3.80. The Hall–Kier alpha value is -3.19. The van der Waals surface area contributed by atoms with E-state index >= 15 is 0 Å². The number of ether oxygens (including phenoxy) is 1. The van der Waals surface area contributed by atoms with Crippen LogP contribution in [0.5, 0.6) is 5.75 Å². The molecule has 2 aromatic heterocycles. The van der Waals surface area contributed by atoms with Crippen molar-refractivity contribution < 1.29 is 13.9 Å². The molecule has 0 spiro atoms. The number of hydrogen-bond donors (Lipinski definition) is 1. The monoisotopic (exact) mass is 421 g/mol. The summed E-state index contributed by atoms with van der Waals surface area (Å²) in [6, 6.07) is 17.3. The number of aromatic nitrogens is 2. The number of methoxy groups -OCH3 is 1. The van der Waals surface area contributed by atoms with E-state index in [1.165, 1.54) is 11.8 Å². The zero-order chi connectivity index (χ0) is 21.3. The van der Waals surface area contributed by atoms with Gasteiger partial charge in [0.25, 0.3) is 5.91 Å². The SMILES string of the molecule is COc1cccc2cc([C@@H](C)NC(=O)c3c(C)nn(C)c3Sc3ccccc3)oc12. The summed E-state index contributed by atoms with van der Waals surface area (Å²) in [5.41, 5.74) is 1.94. The van der Waals surface area contributed by atoms with Gasteiger partial charge in [-0.2, -0.15) is 5.10 Å². The number of furan rings is 1. The van der Waals surface area contributed by atoms with Crippen LogP contribution in [0.2, 0.25) is 0 Å². The maximum Gasteiger partial charge on any atom is 0.256 e. The van der Waals surface area contributed by atoms with Crippen LogP contribution in [-0.2, 0) is 7.05 Å². The van der Waals surface area contributed by atoms with Gasteiger partial charge in [0.1, 0.15) is 10.8 Å². The second-order valence-corrected chi connectivity index (χ2v) is 8.09. The van der Waals surface area contributed by atoms with E-state index in [0.29, 0.717) is 28.4 Å². The molecule has 30 heavy (non-hydrogen) atoms. The minimum atomic E-state index is -0.316. The Morgan fingerprint density at radius 1 is 1.20 bits per heavy atom. The van der Waals surface area contributed by atoms with E-state index in [-0.39, 0.29) is 11.9 Å². The molecule has 4 rings (SSSR count). The molecule has 0 aliphatic heterocycles. The normalized spacial score (nSPS) is 12.1. The maximum atomic E-state index is 13.2. The van der Waals surface area contributed by atoms with Crippen molar-refractivity contribution in [3.05, 3.63) is 71.6 Å². The Balaban J connectivity index is 1.60. The van der Waals surface area contributed by atoms with Gasteiger partial charge in [0, 0.05) is 17.3 Å². The molecule has 0 aliphatic rings. The van der Waals surface area contributed by atoms with Crippen molar-refractivity contribution in [2.45, 2.75) is 29.8 Å². The molecule has 1 amide bonds. The molecule has 0 radical (unpaired) electrons. The van der Waals surface area contributed by atoms with Crippen LogP contribution in [0.25, 0.3) is 11.0 Å². The standard InChI is InChI=1S/C23H23N3O3S/c1-14(19-13-16-9-8-12-18(28-4)21(16)29-19)24-22(27)20-15(2)25-26(3)23(20)30-17-10-6-5-7-11-17/h5-14H,1-4H3,(H,24,27)/t14-/m1/s1. The van der Waals surface area contributed by atoms with E-state index in [9.17, 15) is 4.79 Å². The van der Waals surface area contributed by atoms with Crippen LogP contribution < -0.4 is 10.1 Å². The number of aryl methyl sites for hydroxylation is 2. The van der Waals surface area contributed by atoms with Gasteiger partial charge in [0.2, 0.25) is 0 Å². The van der Waals surface area contributed by atoms with Crippen molar-refractivity contribution in [1.29, 1.82) is 0 Å². The number of carbonyl (C=O) groups excluding carboxylic acids is 1. The van der Waals surface area contributed by atoms with Gasteiger partial charge >= 0.3 is 0 Å². The number of hydrogen-bond acceptors (Lipinski definition) is 5. The lowest BCUT2D eigenvalue weighted by molar-refractivity contribution is 0.0931. The summed E-state index contributed by atoms with van der Waals surface area (Å²) in [5.74, 6) is 1.16. The number of rotatable bonds is 6. The Morgan fingerprint density at radius 2 is 1.97 bits per heavy atom. The topological polar surface area (TPSA) is 69.3 Å². The summed E-state index contributed by atoms with van der Waals surface area (Å²) in [6.45, 7) is 3.75. The van der Waals surface area contributed by atoms with E-state index in [1.54, 1.807) is 11.8 Å². The highest BCUT2D eigenvalue weighted by Crippen LogP contribution is 2.33. The minimum Gasteiger partial charge on any atom is -0.493 e. The molecule has 1 atom stereocenters. The largest absolute Gasteiger partial charge is 0.493 e. The van der Waals surface area contributed by atoms with Gasteiger partial charge in [-0.15, -0.1) is 0 Å². The van der Waals surface area contributed by atoms with Crippen LogP contribution in [0.3, 0.4) is 0 Å². The van der Waals surface area contributed by atoms with Crippen LogP contribution in [0.4, 0.5) is 0 Å². The van der Waals surface area contributed by atoms with Gasteiger partial charge in [-0.3, -0.25) is 9.48 Å². The van der Waals surface area contributed by atoms with E-state index in [0.717, 1.165) is 15.3 Å². The molecule has 1 N–H and O–H groups in total. The average Bonchev–Trinajstić information content (AvgIpc) is 3.29. The number of nitrogens with zero attached hydrogens (tertiary/aromatic N) is 2. The van der Waals surface area contributed by atoms with Crippen molar-refractivity contribution >= 4 is 28.6 Å². The second-order valence-electron chi connectivity index (χ2n) is 7.03. The smallest absolute Gasteiger partial charge is 0.256 e. The van der Waals surface area contributed by atoms with Crippen molar-refractivity contribution in [3.8, 4) is 5.75 Å². The number of fused-ring (bicyclic) bond motifs is 1.